The average molecular weight is 218 g/mol. The Morgan fingerprint density at radius 1 is 0.867 bits per heavy atom. The summed E-state index contributed by atoms with van der Waals surface area (Å²) in [4.78, 5) is 14.4. The molecule has 2 rings (SSSR count). The highest BCUT2D eigenvalue weighted by atomic mass is 32.1. The summed E-state index contributed by atoms with van der Waals surface area (Å²) in [5, 5.41) is 2.44. The van der Waals surface area contributed by atoms with Crippen LogP contribution < -0.4 is 5.43 Å². The van der Waals surface area contributed by atoms with Crippen LogP contribution in [-0.2, 0) is 0 Å². The molecule has 1 nitrogen and oxygen atoms in total. The molecule has 0 unspecified atom stereocenters. The minimum absolute atomic E-state index is 0.162. The predicted octanol–water partition coefficient (Wildman–Crippen LogP) is 3.50. The number of aryl methyl sites for hydroxylation is 4. The Labute approximate surface area is 93.4 Å². The maximum absolute atomic E-state index is 11.8. The van der Waals surface area contributed by atoms with Gasteiger partial charge in [-0.3, -0.25) is 4.79 Å². The molecule has 2 heteroatoms. The van der Waals surface area contributed by atoms with Crippen LogP contribution in [0.4, 0.5) is 0 Å². The molecule has 0 aliphatic heterocycles. The van der Waals surface area contributed by atoms with Crippen LogP contribution in [-0.4, -0.2) is 0 Å². The largest absolute Gasteiger partial charge is 0.289 e. The van der Waals surface area contributed by atoms with E-state index in [1.54, 1.807) is 11.3 Å². The lowest BCUT2D eigenvalue weighted by Crippen LogP contribution is -2.03. The summed E-state index contributed by atoms with van der Waals surface area (Å²) in [5.74, 6) is 0. The van der Waals surface area contributed by atoms with Crippen molar-refractivity contribution in [3.8, 4) is 0 Å². The molecule has 0 fully saturated rings. The van der Waals surface area contributed by atoms with Gasteiger partial charge in [0.25, 0.3) is 0 Å². The van der Waals surface area contributed by atoms with E-state index < -0.39 is 0 Å². The van der Waals surface area contributed by atoms with Crippen LogP contribution in [0.3, 0.4) is 0 Å². The van der Waals surface area contributed by atoms with E-state index >= 15 is 0 Å². The zero-order chi connectivity index (χ0) is 11.2. The Balaban J connectivity index is 3.08. The Morgan fingerprint density at radius 3 is 1.67 bits per heavy atom. The third-order valence-electron chi connectivity index (χ3n) is 2.79. The molecule has 0 bridgehead atoms. The molecular weight excluding hydrogens is 204 g/mol. The maximum Gasteiger partial charge on any atom is 0.184 e. The number of hydrogen-bond acceptors (Lipinski definition) is 2. The molecule has 15 heavy (non-hydrogen) atoms. The van der Waals surface area contributed by atoms with Crippen molar-refractivity contribution in [2.75, 3.05) is 0 Å². The summed E-state index contributed by atoms with van der Waals surface area (Å²) in [6.45, 7) is 8.00. The van der Waals surface area contributed by atoms with Crippen LogP contribution in [0, 0.1) is 27.7 Å². The van der Waals surface area contributed by atoms with Gasteiger partial charge < -0.3 is 0 Å². The summed E-state index contributed by atoms with van der Waals surface area (Å²) < 4.78 is 0. The highest BCUT2D eigenvalue weighted by Crippen LogP contribution is 2.29. The molecule has 0 saturated carbocycles. The molecule has 0 spiro atoms. The van der Waals surface area contributed by atoms with Crippen molar-refractivity contribution in [2.45, 2.75) is 27.7 Å². The third kappa shape index (κ3) is 1.59. The summed E-state index contributed by atoms with van der Waals surface area (Å²) >= 11 is 1.80. The van der Waals surface area contributed by atoms with Gasteiger partial charge in [-0.15, -0.1) is 11.3 Å². The van der Waals surface area contributed by atoms with Crippen LogP contribution >= 0.6 is 11.3 Å². The fourth-order valence-corrected chi connectivity index (χ4v) is 2.97. The van der Waals surface area contributed by atoms with Crippen molar-refractivity contribution >= 4 is 22.1 Å². The van der Waals surface area contributed by atoms with E-state index in [9.17, 15) is 4.79 Å². The smallest absolute Gasteiger partial charge is 0.184 e. The van der Waals surface area contributed by atoms with Gasteiger partial charge in [0.1, 0.15) is 0 Å². The second kappa shape index (κ2) is 3.46. The molecule has 0 aliphatic rings. The number of rotatable bonds is 0. The van der Waals surface area contributed by atoms with Gasteiger partial charge in [-0.25, -0.2) is 0 Å². The second-order valence-electron chi connectivity index (χ2n) is 4.03. The third-order valence-corrected chi connectivity index (χ3v) is 3.85. The van der Waals surface area contributed by atoms with Gasteiger partial charge in [0.15, 0.2) is 5.43 Å². The first-order valence-corrected chi connectivity index (χ1v) is 5.83. The normalized spacial score (nSPS) is 10.9. The molecule has 0 saturated heterocycles. The quantitative estimate of drug-likeness (QED) is 0.661. The molecular formula is C13H14OS. The van der Waals surface area contributed by atoms with Crippen molar-refractivity contribution in [2.24, 2.45) is 0 Å². The zero-order valence-corrected chi connectivity index (χ0v) is 10.3. The van der Waals surface area contributed by atoms with E-state index in [-0.39, 0.29) is 5.43 Å². The van der Waals surface area contributed by atoms with E-state index in [2.05, 4.69) is 13.8 Å². The van der Waals surface area contributed by atoms with Gasteiger partial charge in [0.2, 0.25) is 0 Å². The zero-order valence-electron chi connectivity index (χ0n) is 9.47. The van der Waals surface area contributed by atoms with Crippen molar-refractivity contribution in [3.63, 3.8) is 0 Å². The molecule has 1 aromatic heterocycles. The Bertz CT molecular complexity index is 545. The minimum atomic E-state index is 0.162. The van der Waals surface area contributed by atoms with E-state index in [1.165, 1.54) is 20.5 Å². The van der Waals surface area contributed by atoms with Gasteiger partial charge in [0, 0.05) is 9.75 Å². The van der Waals surface area contributed by atoms with Crippen molar-refractivity contribution in [1.29, 1.82) is 0 Å². The first-order valence-electron chi connectivity index (χ1n) is 5.02. The molecule has 1 aromatic carbocycles. The van der Waals surface area contributed by atoms with E-state index in [0.29, 0.717) is 0 Å². The molecule has 0 N–H and O–H groups in total. The molecule has 78 valence electrons. The molecule has 1 heterocycles. The Morgan fingerprint density at radius 2 is 1.27 bits per heavy atom. The van der Waals surface area contributed by atoms with Gasteiger partial charge >= 0.3 is 0 Å². The number of hydrogen-bond donors (Lipinski definition) is 0. The average Bonchev–Trinajstić information content (AvgIpc) is 2.36. The standard InChI is InChI=1S/C13H14OS/c1-7-5-11-9(3)15-10(4)12(11)6-8(2)13(7)14/h5-6H,1-4H3. The van der Waals surface area contributed by atoms with Gasteiger partial charge in [-0.05, 0) is 61.7 Å². The monoisotopic (exact) mass is 218 g/mol. The first kappa shape index (κ1) is 10.4. The van der Waals surface area contributed by atoms with Crippen molar-refractivity contribution < 1.29 is 0 Å². The van der Waals surface area contributed by atoms with Crippen LogP contribution in [0.15, 0.2) is 16.9 Å². The summed E-state index contributed by atoms with van der Waals surface area (Å²) in [7, 11) is 0. The van der Waals surface area contributed by atoms with Crippen LogP contribution in [0.25, 0.3) is 10.8 Å². The molecule has 0 atom stereocenters. The fourth-order valence-electron chi connectivity index (χ4n) is 1.95. The van der Waals surface area contributed by atoms with Crippen molar-refractivity contribution in [1.82, 2.24) is 0 Å². The van der Waals surface area contributed by atoms with Crippen LogP contribution in [0.5, 0.6) is 0 Å². The lowest BCUT2D eigenvalue weighted by molar-refractivity contribution is 1.35. The lowest BCUT2D eigenvalue weighted by atomic mass is 10.2. The first-order chi connectivity index (χ1) is 7.00. The second-order valence-corrected chi connectivity index (χ2v) is 5.45. The Kier molecular flexibility index (Phi) is 2.39. The van der Waals surface area contributed by atoms with Gasteiger partial charge in [-0.2, -0.15) is 0 Å². The maximum atomic E-state index is 11.8. The summed E-state index contributed by atoms with van der Waals surface area (Å²) in [6, 6.07) is 4.03. The topological polar surface area (TPSA) is 17.1 Å². The van der Waals surface area contributed by atoms with Gasteiger partial charge in [0.05, 0.1) is 0 Å². The van der Waals surface area contributed by atoms with E-state index in [1.807, 2.05) is 26.0 Å². The number of thiophene rings is 1. The highest BCUT2D eigenvalue weighted by molar-refractivity contribution is 7.13. The predicted molar refractivity (Wildman–Crippen MR) is 67.0 cm³/mol. The van der Waals surface area contributed by atoms with Crippen molar-refractivity contribution in [3.05, 3.63) is 43.2 Å². The number of fused-ring (bicyclic) bond motifs is 1. The summed E-state index contributed by atoms with van der Waals surface area (Å²) in [6.07, 6.45) is 0. The lowest BCUT2D eigenvalue weighted by Gasteiger charge is -1.85. The molecule has 0 amide bonds. The van der Waals surface area contributed by atoms with E-state index in [4.69, 9.17) is 0 Å². The molecule has 2 aromatic rings. The Hall–Kier alpha value is -1.15. The summed E-state index contributed by atoms with van der Waals surface area (Å²) in [5.41, 5.74) is 1.84. The molecule has 0 aliphatic carbocycles. The van der Waals surface area contributed by atoms with Crippen LogP contribution in [0.2, 0.25) is 0 Å². The SMILES string of the molecule is Cc1cc2c(C)sc(C)c2cc(C)c1=O. The fraction of sp³-hybridized carbons (Fsp3) is 0.308. The van der Waals surface area contributed by atoms with Crippen LogP contribution in [0.1, 0.15) is 20.9 Å². The minimum Gasteiger partial charge on any atom is -0.289 e. The van der Waals surface area contributed by atoms with Gasteiger partial charge in [-0.1, -0.05) is 0 Å². The van der Waals surface area contributed by atoms with E-state index in [0.717, 1.165) is 11.1 Å². The highest BCUT2D eigenvalue weighted by Gasteiger charge is 2.06. The molecule has 0 radical (unpaired) electrons.